The molecule has 1 aliphatic rings. The van der Waals surface area contributed by atoms with Crippen LogP contribution in [-0.2, 0) is 4.79 Å². The van der Waals surface area contributed by atoms with Gasteiger partial charge < -0.3 is 5.32 Å². The van der Waals surface area contributed by atoms with Crippen molar-refractivity contribution >= 4 is 35.0 Å². The summed E-state index contributed by atoms with van der Waals surface area (Å²) in [6.45, 7) is 1.96. The first-order chi connectivity index (χ1) is 13.1. The number of carbonyl (C=O) groups excluding carboxylic acids is 1. The van der Waals surface area contributed by atoms with Crippen LogP contribution in [-0.4, -0.2) is 26.4 Å². The van der Waals surface area contributed by atoms with Gasteiger partial charge in [0, 0.05) is 11.6 Å². The second-order valence-electron chi connectivity index (χ2n) is 6.61. The first kappa shape index (κ1) is 18.1. The summed E-state index contributed by atoms with van der Waals surface area (Å²) in [5.74, 6) is 1.55. The number of anilines is 1. The molecule has 1 N–H and O–H groups in total. The molecule has 1 aromatic heterocycles. The van der Waals surface area contributed by atoms with Crippen molar-refractivity contribution in [1.29, 1.82) is 0 Å². The minimum absolute atomic E-state index is 0.124. The summed E-state index contributed by atoms with van der Waals surface area (Å²) >= 11 is 7.57. The average molecular weight is 399 g/mol. The van der Waals surface area contributed by atoms with Gasteiger partial charge in [0.25, 0.3) is 0 Å². The number of aromatic nitrogens is 3. The topological polar surface area (TPSA) is 59.8 Å². The average Bonchev–Trinajstić information content (AvgIpc) is 3.42. The Hall–Kier alpha value is -2.31. The van der Waals surface area contributed by atoms with Crippen molar-refractivity contribution in [2.75, 3.05) is 11.1 Å². The van der Waals surface area contributed by atoms with Gasteiger partial charge >= 0.3 is 0 Å². The predicted molar refractivity (Wildman–Crippen MR) is 109 cm³/mol. The molecular weight excluding hydrogens is 380 g/mol. The minimum Gasteiger partial charge on any atom is -0.324 e. The molecule has 1 aliphatic carbocycles. The summed E-state index contributed by atoms with van der Waals surface area (Å²) in [5, 5.41) is 12.8. The quantitative estimate of drug-likeness (QED) is 0.603. The normalized spacial score (nSPS) is 13.6. The van der Waals surface area contributed by atoms with E-state index in [1.807, 2.05) is 55.5 Å². The van der Waals surface area contributed by atoms with Gasteiger partial charge in [-0.15, -0.1) is 10.2 Å². The smallest absolute Gasteiger partial charge is 0.234 e. The molecule has 138 valence electrons. The molecule has 27 heavy (non-hydrogen) atoms. The lowest BCUT2D eigenvalue weighted by Gasteiger charge is -2.10. The van der Waals surface area contributed by atoms with E-state index in [9.17, 15) is 4.79 Å². The van der Waals surface area contributed by atoms with Crippen molar-refractivity contribution in [2.24, 2.45) is 0 Å². The second-order valence-corrected chi connectivity index (χ2v) is 7.96. The number of aryl methyl sites for hydroxylation is 1. The van der Waals surface area contributed by atoms with E-state index in [0.717, 1.165) is 35.1 Å². The van der Waals surface area contributed by atoms with Gasteiger partial charge in [0.1, 0.15) is 5.82 Å². The van der Waals surface area contributed by atoms with Crippen LogP contribution < -0.4 is 5.32 Å². The fraction of sp³-hybridized carbons (Fsp3) is 0.250. The van der Waals surface area contributed by atoms with Gasteiger partial charge in [-0.05, 0) is 49.6 Å². The Morgan fingerprint density at radius 1 is 1.22 bits per heavy atom. The van der Waals surface area contributed by atoms with E-state index in [0.29, 0.717) is 16.6 Å². The number of halogens is 1. The Bertz CT molecular complexity index is 969. The number of para-hydroxylation sites is 1. The number of hydrogen-bond acceptors (Lipinski definition) is 4. The summed E-state index contributed by atoms with van der Waals surface area (Å²) in [6, 6.07) is 15.6. The van der Waals surface area contributed by atoms with Crippen molar-refractivity contribution in [3.63, 3.8) is 0 Å². The Labute approximate surface area is 167 Å². The number of nitrogens with one attached hydrogen (secondary N) is 1. The summed E-state index contributed by atoms with van der Waals surface area (Å²) in [4.78, 5) is 12.4. The number of benzene rings is 2. The van der Waals surface area contributed by atoms with Gasteiger partial charge in [-0.25, -0.2) is 0 Å². The molecule has 1 heterocycles. The van der Waals surface area contributed by atoms with Crippen LogP contribution in [0.2, 0.25) is 5.02 Å². The predicted octanol–water partition coefficient (Wildman–Crippen LogP) is 4.84. The largest absolute Gasteiger partial charge is 0.324 e. The van der Waals surface area contributed by atoms with Crippen LogP contribution in [0.25, 0.3) is 5.69 Å². The van der Waals surface area contributed by atoms with Gasteiger partial charge in [0.15, 0.2) is 5.16 Å². The Balaban J connectivity index is 1.49. The number of thioether (sulfide) groups is 1. The van der Waals surface area contributed by atoms with Crippen molar-refractivity contribution in [1.82, 2.24) is 14.8 Å². The third-order valence-corrected chi connectivity index (χ3v) is 5.59. The van der Waals surface area contributed by atoms with Gasteiger partial charge in [-0.2, -0.15) is 0 Å². The highest BCUT2D eigenvalue weighted by Gasteiger charge is 2.31. The molecule has 5 nitrogen and oxygen atoms in total. The monoisotopic (exact) mass is 398 g/mol. The molecule has 0 bridgehead atoms. The lowest BCUT2D eigenvalue weighted by Crippen LogP contribution is -2.15. The zero-order valence-corrected chi connectivity index (χ0v) is 16.4. The molecule has 0 atom stereocenters. The first-order valence-corrected chi connectivity index (χ1v) is 10.2. The van der Waals surface area contributed by atoms with Crippen LogP contribution in [0.3, 0.4) is 0 Å². The fourth-order valence-corrected chi connectivity index (χ4v) is 3.88. The van der Waals surface area contributed by atoms with Crippen LogP contribution in [0.5, 0.6) is 0 Å². The number of carbonyl (C=O) groups is 1. The highest BCUT2D eigenvalue weighted by atomic mass is 35.5. The summed E-state index contributed by atoms with van der Waals surface area (Å²) in [7, 11) is 0. The van der Waals surface area contributed by atoms with Gasteiger partial charge in [-0.3, -0.25) is 9.36 Å². The molecule has 1 saturated carbocycles. The maximum Gasteiger partial charge on any atom is 0.234 e. The molecular formula is C20H19ClN4OS. The molecule has 3 aromatic rings. The fourth-order valence-electron chi connectivity index (χ4n) is 2.84. The van der Waals surface area contributed by atoms with Gasteiger partial charge in [0.2, 0.25) is 5.91 Å². The van der Waals surface area contributed by atoms with Crippen molar-refractivity contribution in [2.45, 2.75) is 30.8 Å². The Kier molecular flexibility index (Phi) is 5.18. The van der Waals surface area contributed by atoms with Crippen LogP contribution in [0.1, 0.15) is 30.1 Å². The van der Waals surface area contributed by atoms with E-state index >= 15 is 0 Å². The van der Waals surface area contributed by atoms with Crippen LogP contribution in [0.15, 0.2) is 53.7 Å². The molecule has 1 amide bonds. The zero-order valence-electron chi connectivity index (χ0n) is 14.9. The molecule has 4 rings (SSSR count). The van der Waals surface area contributed by atoms with Crippen molar-refractivity contribution < 1.29 is 4.79 Å². The van der Waals surface area contributed by atoms with E-state index in [2.05, 4.69) is 20.1 Å². The Morgan fingerprint density at radius 2 is 2.00 bits per heavy atom. The summed E-state index contributed by atoms with van der Waals surface area (Å²) in [5.41, 5.74) is 2.70. The minimum atomic E-state index is -0.124. The highest BCUT2D eigenvalue weighted by Crippen LogP contribution is 2.41. The van der Waals surface area contributed by atoms with Crippen molar-refractivity contribution in [3.05, 3.63) is 64.9 Å². The van der Waals surface area contributed by atoms with Gasteiger partial charge in [-0.1, -0.05) is 47.6 Å². The van der Waals surface area contributed by atoms with E-state index in [1.165, 1.54) is 11.8 Å². The van der Waals surface area contributed by atoms with Crippen LogP contribution >= 0.6 is 23.4 Å². The second kappa shape index (κ2) is 7.74. The molecule has 1 fully saturated rings. The number of rotatable bonds is 6. The van der Waals surface area contributed by atoms with E-state index < -0.39 is 0 Å². The number of nitrogens with zero attached hydrogens (tertiary/aromatic N) is 3. The lowest BCUT2D eigenvalue weighted by atomic mass is 10.2. The van der Waals surface area contributed by atoms with E-state index in [-0.39, 0.29) is 11.7 Å². The number of amides is 1. The zero-order chi connectivity index (χ0) is 18.8. The third kappa shape index (κ3) is 4.17. The first-order valence-electron chi connectivity index (χ1n) is 8.81. The molecule has 0 radical (unpaired) electrons. The maximum atomic E-state index is 12.4. The summed E-state index contributed by atoms with van der Waals surface area (Å²) < 4.78 is 2.06. The third-order valence-electron chi connectivity index (χ3n) is 4.35. The molecule has 0 spiro atoms. The van der Waals surface area contributed by atoms with E-state index in [4.69, 9.17) is 11.6 Å². The maximum absolute atomic E-state index is 12.4. The molecule has 0 aliphatic heterocycles. The molecule has 0 saturated heterocycles. The molecule has 7 heteroatoms. The van der Waals surface area contributed by atoms with E-state index in [1.54, 1.807) is 0 Å². The molecule has 2 aromatic carbocycles. The van der Waals surface area contributed by atoms with Crippen molar-refractivity contribution in [3.8, 4) is 5.69 Å². The Morgan fingerprint density at radius 3 is 2.70 bits per heavy atom. The lowest BCUT2D eigenvalue weighted by molar-refractivity contribution is -0.113. The van der Waals surface area contributed by atoms with Gasteiger partial charge in [0.05, 0.1) is 16.5 Å². The standard InChI is InChI=1S/C20H19ClN4OS/c1-13-7-10-17(16(21)11-13)22-18(26)12-27-20-24-23-19(14-8-9-14)25(20)15-5-3-2-4-6-15/h2-7,10-11,14H,8-9,12H2,1H3,(H,22,26). The highest BCUT2D eigenvalue weighted by molar-refractivity contribution is 7.99. The van der Waals surface area contributed by atoms with Crippen LogP contribution in [0, 0.1) is 6.92 Å². The molecule has 0 unspecified atom stereocenters. The number of hydrogen-bond donors (Lipinski definition) is 1. The SMILES string of the molecule is Cc1ccc(NC(=O)CSc2nnc(C3CC3)n2-c2ccccc2)c(Cl)c1. The van der Waals surface area contributed by atoms with Crippen LogP contribution in [0.4, 0.5) is 5.69 Å². The summed E-state index contributed by atoms with van der Waals surface area (Å²) in [6.07, 6.45) is 2.28.